The fourth-order valence-corrected chi connectivity index (χ4v) is 2.22. The molecule has 0 saturated carbocycles. The van der Waals surface area contributed by atoms with Crippen molar-refractivity contribution in [3.63, 3.8) is 0 Å². The average Bonchev–Trinajstić information content (AvgIpc) is 2.40. The van der Waals surface area contributed by atoms with Gasteiger partial charge >= 0.3 is 5.97 Å². The minimum atomic E-state index is -0.317. The normalized spacial score (nSPS) is 24.7. The first kappa shape index (κ1) is 22.9. The number of carbonyl (C=O) groups is 1. The zero-order chi connectivity index (χ0) is 14.4. The van der Waals surface area contributed by atoms with Gasteiger partial charge in [-0.05, 0) is 32.3 Å². The molecule has 0 spiro atoms. The first-order valence-corrected chi connectivity index (χ1v) is 7.07. The molecule has 0 amide bonds. The van der Waals surface area contributed by atoms with Crippen LogP contribution in [0.5, 0.6) is 0 Å². The molecule has 3 atom stereocenters. The van der Waals surface area contributed by atoms with E-state index in [0.29, 0.717) is 18.6 Å². The Balaban J connectivity index is 0. The first-order chi connectivity index (χ1) is 9.03. The van der Waals surface area contributed by atoms with Crippen molar-refractivity contribution < 1.29 is 14.3 Å². The van der Waals surface area contributed by atoms with Crippen LogP contribution in [0.25, 0.3) is 0 Å². The molecular weight excluding hydrogens is 315 g/mol. The third-order valence-corrected chi connectivity index (χ3v) is 3.49. The topological polar surface area (TPSA) is 87.6 Å². The van der Waals surface area contributed by atoms with Crippen LogP contribution in [-0.4, -0.2) is 36.9 Å². The number of nitrogens with two attached hydrogens (primary N) is 2. The van der Waals surface area contributed by atoms with Gasteiger partial charge in [-0.25, -0.2) is 4.79 Å². The Morgan fingerprint density at radius 2 is 1.86 bits per heavy atom. The van der Waals surface area contributed by atoms with Gasteiger partial charge in [0.2, 0.25) is 0 Å². The Morgan fingerprint density at radius 3 is 2.33 bits per heavy atom. The molecule has 0 aromatic carbocycles. The Bertz CT molecular complexity index is 336. The van der Waals surface area contributed by atoms with E-state index < -0.39 is 0 Å². The van der Waals surface area contributed by atoms with E-state index in [1.165, 1.54) is 0 Å². The van der Waals surface area contributed by atoms with Crippen LogP contribution < -0.4 is 11.5 Å². The highest BCUT2D eigenvalue weighted by molar-refractivity contribution is 5.89. The molecule has 0 saturated heterocycles. The molecule has 0 radical (unpaired) electrons. The fraction of sp³-hybridized carbons (Fsp3) is 0.786. The van der Waals surface area contributed by atoms with Gasteiger partial charge in [-0.3, -0.25) is 0 Å². The van der Waals surface area contributed by atoms with Crippen molar-refractivity contribution >= 4 is 30.8 Å². The van der Waals surface area contributed by atoms with Crippen LogP contribution in [0.1, 0.15) is 40.0 Å². The van der Waals surface area contributed by atoms with Crippen LogP contribution in [0.2, 0.25) is 0 Å². The van der Waals surface area contributed by atoms with Gasteiger partial charge in [-0.2, -0.15) is 0 Å². The maximum Gasteiger partial charge on any atom is 0.333 e. The Hall–Kier alpha value is -0.330. The minimum absolute atomic E-state index is 0. The number of rotatable bonds is 6. The first-order valence-electron chi connectivity index (χ1n) is 7.07. The van der Waals surface area contributed by atoms with Crippen molar-refractivity contribution in [3.8, 4) is 0 Å². The van der Waals surface area contributed by atoms with Crippen LogP contribution in [0.3, 0.4) is 0 Å². The smallest absolute Gasteiger partial charge is 0.333 e. The summed E-state index contributed by atoms with van der Waals surface area (Å²) in [6.07, 6.45) is 3.89. The highest BCUT2D eigenvalue weighted by Gasteiger charge is 2.32. The zero-order valence-electron chi connectivity index (χ0n) is 12.9. The molecule has 0 heterocycles. The van der Waals surface area contributed by atoms with Gasteiger partial charge in [-0.15, -0.1) is 24.8 Å². The lowest BCUT2D eigenvalue weighted by atomic mass is 9.89. The summed E-state index contributed by atoms with van der Waals surface area (Å²) in [5.74, 6) is -0.317. The molecule has 5 nitrogen and oxygen atoms in total. The van der Waals surface area contributed by atoms with E-state index in [1.54, 1.807) is 13.0 Å². The van der Waals surface area contributed by atoms with Crippen LogP contribution >= 0.6 is 24.8 Å². The van der Waals surface area contributed by atoms with Gasteiger partial charge in [-0.1, -0.05) is 13.8 Å². The molecule has 0 unspecified atom stereocenters. The summed E-state index contributed by atoms with van der Waals surface area (Å²) in [4.78, 5) is 11.8. The second-order valence-electron chi connectivity index (χ2n) is 4.90. The van der Waals surface area contributed by atoms with E-state index in [9.17, 15) is 4.79 Å². The average molecular weight is 343 g/mol. The minimum Gasteiger partial charge on any atom is -0.463 e. The van der Waals surface area contributed by atoms with E-state index >= 15 is 0 Å². The Morgan fingerprint density at radius 1 is 1.29 bits per heavy atom. The Kier molecular flexibility index (Phi) is 12.3. The summed E-state index contributed by atoms with van der Waals surface area (Å²) in [7, 11) is 0. The monoisotopic (exact) mass is 342 g/mol. The van der Waals surface area contributed by atoms with Crippen molar-refractivity contribution in [2.45, 2.75) is 64.3 Å². The lowest BCUT2D eigenvalue weighted by Crippen LogP contribution is -2.53. The standard InChI is InChI=1S/C14H26N2O3.2ClH/c1-4-10(5-2)19-12-8-9(14(17)18-6-3)7-11(15)13(12)16;;/h8,10-13H,4-7,15-16H2,1-3H3;2*1H/t11-,12+,13+;;/m0../s1. The van der Waals surface area contributed by atoms with E-state index in [-0.39, 0.29) is 55.1 Å². The summed E-state index contributed by atoms with van der Waals surface area (Å²) < 4.78 is 11.0. The molecular formula is C14H28Cl2N2O3. The van der Waals surface area contributed by atoms with Gasteiger partial charge in [0.05, 0.1) is 18.8 Å². The fourth-order valence-electron chi connectivity index (χ4n) is 2.22. The van der Waals surface area contributed by atoms with Gasteiger partial charge < -0.3 is 20.9 Å². The molecule has 0 aromatic rings. The van der Waals surface area contributed by atoms with Gasteiger partial charge in [0.25, 0.3) is 0 Å². The molecule has 1 rings (SSSR count). The molecule has 0 aromatic heterocycles. The molecule has 0 bridgehead atoms. The lowest BCUT2D eigenvalue weighted by Gasteiger charge is -2.34. The lowest BCUT2D eigenvalue weighted by molar-refractivity contribution is -0.139. The second kappa shape index (κ2) is 11.3. The second-order valence-corrected chi connectivity index (χ2v) is 4.90. The van der Waals surface area contributed by atoms with Crippen LogP contribution in [-0.2, 0) is 14.3 Å². The third-order valence-electron chi connectivity index (χ3n) is 3.49. The molecule has 21 heavy (non-hydrogen) atoms. The highest BCUT2D eigenvalue weighted by Crippen LogP contribution is 2.22. The molecule has 0 aliphatic heterocycles. The van der Waals surface area contributed by atoms with Crippen LogP contribution in [0, 0.1) is 0 Å². The highest BCUT2D eigenvalue weighted by atomic mass is 35.5. The number of ether oxygens (including phenoxy) is 2. The molecule has 126 valence electrons. The SMILES string of the molecule is CCOC(=O)C1=C[C@@H](OC(CC)CC)[C@H](N)[C@@H](N)C1.Cl.Cl. The summed E-state index contributed by atoms with van der Waals surface area (Å²) in [6, 6.07) is -0.553. The van der Waals surface area contributed by atoms with Gasteiger partial charge in [0, 0.05) is 17.7 Å². The van der Waals surface area contributed by atoms with Crippen molar-refractivity contribution in [2.24, 2.45) is 11.5 Å². The van der Waals surface area contributed by atoms with Gasteiger partial charge in [0.15, 0.2) is 0 Å². The Labute approximate surface area is 139 Å². The predicted octanol–water partition coefficient (Wildman–Crippen LogP) is 1.95. The van der Waals surface area contributed by atoms with E-state index in [1.807, 2.05) is 0 Å². The summed E-state index contributed by atoms with van der Waals surface area (Å²) >= 11 is 0. The largest absolute Gasteiger partial charge is 0.463 e. The number of carbonyl (C=O) groups excluding carboxylic acids is 1. The number of hydrogen-bond acceptors (Lipinski definition) is 5. The zero-order valence-corrected chi connectivity index (χ0v) is 14.5. The van der Waals surface area contributed by atoms with E-state index in [0.717, 1.165) is 12.8 Å². The maximum atomic E-state index is 11.8. The van der Waals surface area contributed by atoms with Crippen molar-refractivity contribution in [1.82, 2.24) is 0 Å². The molecule has 1 aliphatic carbocycles. The van der Waals surface area contributed by atoms with E-state index in [4.69, 9.17) is 20.9 Å². The summed E-state index contributed by atoms with van der Waals surface area (Å²) in [6.45, 7) is 6.28. The van der Waals surface area contributed by atoms with Crippen LogP contribution in [0.4, 0.5) is 0 Å². The molecule has 0 fully saturated rings. The number of halogens is 2. The molecule has 1 aliphatic rings. The van der Waals surface area contributed by atoms with Gasteiger partial charge in [0.1, 0.15) is 0 Å². The molecule has 4 N–H and O–H groups in total. The van der Waals surface area contributed by atoms with Crippen molar-refractivity contribution in [2.75, 3.05) is 6.61 Å². The third kappa shape index (κ3) is 6.53. The summed E-state index contributed by atoms with van der Waals surface area (Å²) in [5, 5.41) is 0. The quantitative estimate of drug-likeness (QED) is 0.720. The van der Waals surface area contributed by atoms with Crippen molar-refractivity contribution in [1.29, 1.82) is 0 Å². The van der Waals surface area contributed by atoms with E-state index in [2.05, 4.69) is 13.8 Å². The summed E-state index contributed by atoms with van der Waals surface area (Å²) in [5.41, 5.74) is 12.6. The number of hydrogen-bond donors (Lipinski definition) is 2. The predicted molar refractivity (Wildman–Crippen MR) is 89.0 cm³/mol. The van der Waals surface area contributed by atoms with Crippen LogP contribution in [0.15, 0.2) is 11.6 Å². The number of esters is 1. The van der Waals surface area contributed by atoms with Crippen molar-refractivity contribution in [3.05, 3.63) is 11.6 Å². The molecule has 7 heteroatoms. The maximum absolute atomic E-state index is 11.8.